The van der Waals surface area contributed by atoms with E-state index in [0.717, 1.165) is 5.56 Å². The van der Waals surface area contributed by atoms with E-state index in [1.807, 2.05) is 36.4 Å². The Balaban J connectivity index is 2.04. The van der Waals surface area contributed by atoms with Gasteiger partial charge in [-0.05, 0) is 36.2 Å². The van der Waals surface area contributed by atoms with Crippen LogP contribution < -0.4 is 10.2 Å². The Morgan fingerprint density at radius 3 is 2.48 bits per heavy atom. The van der Waals surface area contributed by atoms with E-state index in [4.69, 9.17) is 0 Å². The maximum absolute atomic E-state index is 13.3. The van der Waals surface area contributed by atoms with E-state index in [9.17, 15) is 19.2 Å². The summed E-state index contributed by atoms with van der Waals surface area (Å²) in [6.45, 7) is 0. The smallest absolute Gasteiger partial charge is 0.264 e. The van der Waals surface area contributed by atoms with E-state index < -0.39 is 17.0 Å². The summed E-state index contributed by atoms with van der Waals surface area (Å²) in [7, 11) is 1.42. The number of carbonyl (C=O) groups is 2. The summed E-state index contributed by atoms with van der Waals surface area (Å²) >= 11 is 1.18. The van der Waals surface area contributed by atoms with E-state index in [1.165, 1.54) is 48.0 Å². The SMILES string of the molecule is CNC(=O)C(C#N)=C1SC(Cc2ccccc2)C(=O)N1c1ccc(F)cc1. The van der Waals surface area contributed by atoms with Crippen LogP contribution in [0.4, 0.5) is 10.1 Å². The molecule has 0 bridgehead atoms. The summed E-state index contributed by atoms with van der Waals surface area (Å²) in [6, 6.07) is 16.8. The predicted octanol–water partition coefficient (Wildman–Crippen LogP) is 3.00. The first kappa shape index (κ1) is 18.7. The first-order chi connectivity index (χ1) is 13.0. The number of nitrogens with zero attached hydrogens (tertiary/aromatic N) is 2. The van der Waals surface area contributed by atoms with Crippen LogP contribution in [0.5, 0.6) is 0 Å². The Morgan fingerprint density at radius 2 is 1.89 bits per heavy atom. The fourth-order valence-corrected chi connectivity index (χ4v) is 4.07. The Labute approximate surface area is 160 Å². The van der Waals surface area contributed by atoms with Gasteiger partial charge in [0.1, 0.15) is 22.5 Å². The third-order valence-electron chi connectivity index (χ3n) is 4.08. The van der Waals surface area contributed by atoms with E-state index >= 15 is 0 Å². The molecule has 1 fully saturated rings. The van der Waals surface area contributed by atoms with Gasteiger partial charge in [0.2, 0.25) is 5.91 Å². The molecule has 0 saturated carbocycles. The normalized spacial score (nSPS) is 18.2. The number of hydrogen-bond donors (Lipinski definition) is 1. The molecule has 2 amide bonds. The second kappa shape index (κ2) is 8.06. The minimum Gasteiger partial charge on any atom is -0.354 e. The summed E-state index contributed by atoms with van der Waals surface area (Å²) in [5, 5.41) is 11.7. The highest BCUT2D eigenvalue weighted by Gasteiger charge is 2.40. The van der Waals surface area contributed by atoms with Gasteiger partial charge in [-0.15, -0.1) is 0 Å². The third-order valence-corrected chi connectivity index (χ3v) is 5.34. The largest absolute Gasteiger partial charge is 0.354 e. The van der Waals surface area contributed by atoms with Gasteiger partial charge < -0.3 is 5.32 Å². The Hall–Kier alpha value is -3.11. The third kappa shape index (κ3) is 3.86. The van der Waals surface area contributed by atoms with E-state index in [-0.39, 0.29) is 16.5 Å². The molecule has 3 rings (SSSR count). The first-order valence-corrected chi connectivity index (χ1v) is 9.09. The van der Waals surface area contributed by atoms with Gasteiger partial charge in [0.15, 0.2) is 0 Å². The lowest BCUT2D eigenvalue weighted by atomic mass is 10.1. The molecule has 0 spiro atoms. The van der Waals surface area contributed by atoms with Crippen LogP contribution in [0.2, 0.25) is 0 Å². The summed E-state index contributed by atoms with van der Waals surface area (Å²) in [5.74, 6) is -1.25. The molecule has 1 unspecified atom stereocenters. The fourth-order valence-electron chi connectivity index (χ4n) is 2.77. The molecule has 2 aromatic rings. The highest BCUT2D eigenvalue weighted by Crippen LogP contribution is 2.41. The van der Waals surface area contributed by atoms with Crippen molar-refractivity contribution in [3.05, 3.63) is 76.6 Å². The van der Waals surface area contributed by atoms with Crippen LogP contribution in [0.25, 0.3) is 0 Å². The zero-order chi connectivity index (χ0) is 19.4. The number of halogens is 1. The number of hydrogen-bond acceptors (Lipinski definition) is 4. The van der Waals surface area contributed by atoms with E-state index in [0.29, 0.717) is 12.1 Å². The minimum atomic E-state index is -0.569. The van der Waals surface area contributed by atoms with Crippen LogP contribution in [0.15, 0.2) is 65.2 Å². The molecule has 0 aliphatic carbocycles. The van der Waals surface area contributed by atoms with Crippen LogP contribution >= 0.6 is 11.8 Å². The van der Waals surface area contributed by atoms with Crippen molar-refractivity contribution in [2.24, 2.45) is 0 Å². The first-order valence-electron chi connectivity index (χ1n) is 8.21. The van der Waals surface area contributed by atoms with Gasteiger partial charge in [0.05, 0.1) is 5.25 Å². The molecule has 27 heavy (non-hydrogen) atoms. The molecule has 1 aliphatic heterocycles. The van der Waals surface area contributed by atoms with Crippen LogP contribution in [-0.4, -0.2) is 24.1 Å². The van der Waals surface area contributed by atoms with Gasteiger partial charge in [-0.2, -0.15) is 5.26 Å². The number of carbonyl (C=O) groups excluding carboxylic acids is 2. The summed E-state index contributed by atoms with van der Waals surface area (Å²) in [6.07, 6.45) is 0.456. The summed E-state index contributed by atoms with van der Waals surface area (Å²) in [5.41, 5.74) is 1.24. The van der Waals surface area contributed by atoms with Crippen molar-refractivity contribution < 1.29 is 14.0 Å². The second-order valence-corrected chi connectivity index (χ2v) is 7.01. The van der Waals surface area contributed by atoms with Crippen LogP contribution in [-0.2, 0) is 16.0 Å². The highest BCUT2D eigenvalue weighted by molar-refractivity contribution is 8.05. The Bertz CT molecular complexity index is 936. The lowest BCUT2D eigenvalue weighted by Gasteiger charge is -2.18. The number of nitrogens with one attached hydrogen (secondary N) is 1. The van der Waals surface area contributed by atoms with Crippen LogP contribution in [0.3, 0.4) is 0 Å². The van der Waals surface area contributed by atoms with Gasteiger partial charge in [0, 0.05) is 12.7 Å². The van der Waals surface area contributed by atoms with Crippen molar-refractivity contribution in [3.63, 3.8) is 0 Å². The molecular formula is C20H16FN3O2S. The molecule has 1 N–H and O–H groups in total. The number of benzene rings is 2. The second-order valence-electron chi connectivity index (χ2n) is 5.82. The standard InChI is InChI=1S/C20H16FN3O2S/c1-23-18(25)16(12-22)20-24(15-9-7-14(21)8-10-15)19(26)17(27-20)11-13-5-3-2-4-6-13/h2-10,17H,11H2,1H3,(H,23,25). The molecule has 7 heteroatoms. The predicted molar refractivity (Wildman–Crippen MR) is 102 cm³/mol. The van der Waals surface area contributed by atoms with Crippen LogP contribution in [0.1, 0.15) is 5.56 Å². The van der Waals surface area contributed by atoms with Crippen molar-refractivity contribution in [2.75, 3.05) is 11.9 Å². The van der Waals surface area contributed by atoms with Gasteiger partial charge in [0.25, 0.3) is 5.91 Å². The number of likely N-dealkylation sites (N-methyl/N-ethyl adjacent to an activating group) is 1. The van der Waals surface area contributed by atoms with Crippen molar-refractivity contribution in [1.29, 1.82) is 5.26 Å². The monoisotopic (exact) mass is 381 g/mol. The quantitative estimate of drug-likeness (QED) is 0.653. The molecule has 1 atom stereocenters. The highest BCUT2D eigenvalue weighted by atomic mass is 32.2. The maximum atomic E-state index is 13.3. The average Bonchev–Trinajstić information content (AvgIpc) is 3.00. The van der Waals surface area contributed by atoms with Gasteiger partial charge >= 0.3 is 0 Å². The average molecular weight is 381 g/mol. The fraction of sp³-hybridized carbons (Fsp3) is 0.150. The maximum Gasteiger partial charge on any atom is 0.264 e. The number of nitriles is 1. The number of thioether (sulfide) groups is 1. The van der Waals surface area contributed by atoms with Gasteiger partial charge in [-0.1, -0.05) is 42.1 Å². The zero-order valence-corrected chi connectivity index (χ0v) is 15.3. The minimum absolute atomic E-state index is 0.143. The van der Waals surface area contributed by atoms with Crippen molar-refractivity contribution in [3.8, 4) is 6.07 Å². The number of anilines is 1. The van der Waals surface area contributed by atoms with Crippen molar-refractivity contribution in [2.45, 2.75) is 11.7 Å². The van der Waals surface area contributed by atoms with E-state index in [2.05, 4.69) is 5.32 Å². The number of rotatable bonds is 4. The lowest BCUT2D eigenvalue weighted by Crippen LogP contribution is -2.31. The van der Waals surface area contributed by atoms with Crippen molar-refractivity contribution in [1.82, 2.24) is 5.32 Å². The summed E-state index contributed by atoms with van der Waals surface area (Å²) in [4.78, 5) is 26.5. The zero-order valence-electron chi connectivity index (χ0n) is 14.5. The molecule has 1 heterocycles. The topological polar surface area (TPSA) is 73.2 Å². The summed E-state index contributed by atoms with van der Waals surface area (Å²) < 4.78 is 13.3. The molecular weight excluding hydrogens is 365 g/mol. The lowest BCUT2D eigenvalue weighted by molar-refractivity contribution is -0.117. The molecule has 1 saturated heterocycles. The Kier molecular flexibility index (Phi) is 5.57. The number of amides is 2. The Morgan fingerprint density at radius 1 is 1.22 bits per heavy atom. The molecule has 0 aromatic heterocycles. The van der Waals surface area contributed by atoms with Gasteiger partial charge in [-0.3, -0.25) is 14.5 Å². The van der Waals surface area contributed by atoms with E-state index in [1.54, 1.807) is 0 Å². The molecule has 1 aliphatic rings. The van der Waals surface area contributed by atoms with Gasteiger partial charge in [-0.25, -0.2) is 4.39 Å². The molecule has 5 nitrogen and oxygen atoms in total. The molecule has 0 radical (unpaired) electrons. The molecule has 2 aromatic carbocycles. The van der Waals surface area contributed by atoms with Crippen molar-refractivity contribution >= 4 is 29.3 Å². The molecule has 136 valence electrons. The van der Waals surface area contributed by atoms with Crippen LogP contribution in [0, 0.1) is 17.1 Å².